The van der Waals surface area contributed by atoms with Gasteiger partial charge < -0.3 is 9.64 Å². The molecule has 0 aromatic heterocycles. The lowest BCUT2D eigenvalue weighted by Crippen LogP contribution is -2.18. The van der Waals surface area contributed by atoms with Gasteiger partial charge >= 0.3 is 0 Å². The number of para-hydroxylation sites is 2. The largest absolute Gasteiger partial charge is 0.457 e. The van der Waals surface area contributed by atoms with E-state index in [1.54, 1.807) is 0 Å². The van der Waals surface area contributed by atoms with Crippen molar-refractivity contribution in [2.24, 2.45) is 5.10 Å². The molecule has 0 amide bonds. The van der Waals surface area contributed by atoms with E-state index in [1.165, 1.54) is 11.3 Å². The monoisotopic (exact) mass is 433 g/mol. The average molecular weight is 434 g/mol. The van der Waals surface area contributed by atoms with Crippen molar-refractivity contribution < 1.29 is 4.74 Å². The fourth-order valence-corrected chi connectivity index (χ4v) is 4.10. The van der Waals surface area contributed by atoms with Gasteiger partial charge in [0, 0.05) is 26.2 Å². The highest BCUT2D eigenvalue weighted by Gasteiger charge is 2.29. The van der Waals surface area contributed by atoms with Crippen molar-refractivity contribution in [3.63, 3.8) is 0 Å². The van der Waals surface area contributed by atoms with E-state index >= 15 is 0 Å². The summed E-state index contributed by atoms with van der Waals surface area (Å²) in [5.41, 5.74) is 5.74. The van der Waals surface area contributed by atoms with Crippen molar-refractivity contribution in [2.45, 2.75) is 12.5 Å². The number of hydrogen-bond acceptors (Lipinski definition) is 4. The lowest BCUT2D eigenvalue weighted by Gasteiger charge is -2.24. The molecule has 4 aromatic carbocycles. The van der Waals surface area contributed by atoms with Crippen LogP contribution in [-0.4, -0.2) is 19.8 Å². The second-order valence-corrected chi connectivity index (χ2v) is 8.37. The first-order valence-electron chi connectivity index (χ1n) is 11.2. The molecule has 0 fully saturated rings. The summed E-state index contributed by atoms with van der Waals surface area (Å²) in [6.45, 7) is 0. The van der Waals surface area contributed by atoms with Crippen molar-refractivity contribution in [1.29, 1.82) is 0 Å². The van der Waals surface area contributed by atoms with Gasteiger partial charge in [-0.1, -0.05) is 48.5 Å². The van der Waals surface area contributed by atoms with E-state index in [1.807, 2.05) is 48.5 Å². The Kier molecular flexibility index (Phi) is 5.81. The third kappa shape index (κ3) is 4.60. The molecular formula is C29H27N3O. The van der Waals surface area contributed by atoms with Gasteiger partial charge in [0.25, 0.3) is 0 Å². The van der Waals surface area contributed by atoms with Gasteiger partial charge in [0.15, 0.2) is 0 Å². The molecule has 1 heterocycles. The van der Waals surface area contributed by atoms with Crippen molar-refractivity contribution in [3.8, 4) is 11.5 Å². The number of rotatable bonds is 6. The van der Waals surface area contributed by atoms with E-state index in [0.29, 0.717) is 0 Å². The quantitative estimate of drug-likeness (QED) is 0.331. The minimum absolute atomic E-state index is 0.152. The van der Waals surface area contributed by atoms with Crippen LogP contribution in [0.25, 0.3) is 0 Å². The van der Waals surface area contributed by atoms with E-state index in [-0.39, 0.29) is 6.04 Å². The van der Waals surface area contributed by atoms with Gasteiger partial charge in [-0.2, -0.15) is 5.10 Å². The van der Waals surface area contributed by atoms with Crippen LogP contribution in [0.15, 0.2) is 114 Å². The SMILES string of the molecule is CN(C)c1ccc([C@@H]2CC(c3ccc(Oc4ccccc4)cc3)=NN2c2ccccc2)cc1. The second kappa shape index (κ2) is 9.21. The van der Waals surface area contributed by atoms with Gasteiger partial charge in [0.1, 0.15) is 11.5 Å². The molecule has 0 aliphatic carbocycles. The maximum Gasteiger partial charge on any atom is 0.127 e. The Labute approximate surface area is 195 Å². The average Bonchev–Trinajstić information content (AvgIpc) is 3.31. The van der Waals surface area contributed by atoms with Crippen LogP contribution in [-0.2, 0) is 0 Å². The highest BCUT2D eigenvalue weighted by molar-refractivity contribution is 6.03. The Morgan fingerprint density at radius 2 is 1.33 bits per heavy atom. The zero-order valence-electron chi connectivity index (χ0n) is 18.9. The fraction of sp³-hybridized carbons (Fsp3) is 0.138. The summed E-state index contributed by atoms with van der Waals surface area (Å²) in [7, 11) is 4.13. The van der Waals surface area contributed by atoms with Crippen LogP contribution in [0.2, 0.25) is 0 Å². The van der Waals surface area contributed by atoms with E-state index in [2.05, 4.69) is 84.7 Å². The molecule has 1 atom stereocenters. The molecule has 0 radical (unpaired) electrons. The molecule has 0 spiro atoms. The molecule has 1 aliphatic rings. The molecule has 4 aromatic rings. The number of hydrogen-bond donors (Lipinski definition) is 0. The van der Waals surface area contributed by atoms with Gasteiger partial charge in [-0.25, -0.2) is 0 Å². The Morgan fingerprint density at radius 3 is 1.97 bits per heavy atom. The Bertz CT molecular complexity index is 1220. The minimum atomic E-state index is 0.152. The molecule has 0 bridgehead atoms. The molecule has 4 nitrogen and oxygen atoms in total. The first-order chi connectivity index (χ1) is 16.2. The van der Waals surface area contributed by atoms with Gasteiger partial charge in [0.05, 0.1) is 17.4 Å². The minimum Gasteiger partial charge on any atom is -0.457 e. The highest BCUT2D eigenvalue weighted by atomic mass is 16.5. The van der Waals surface area contributed by atoms with Crippen LogP contribution in [0.3, 0.4) is 0 Å². The first kappa shape index (κ1) is 20.8. The molecule has 33 heavy (non-hydrogen) atoms. The molecule has 164 valence electrons. The Hall–Kier alpha value is -4.05. The van der Waals surface area contributed by atoms with Crippen LogP contribution < -0.4 is 14.6 Å². The van der Waals surface area contributed by atoms with Crippen LogP contribution in [0, 0.1) is 0 Å². The molecule has 5 rings (SSSR count). The molecule has 1 aliphatic heterocycles. The predicted molar refractivity (Wildman–Crippen MR) is 137 cm³/mol. The molecule has 4 heteroatoms. The van der Waals surface area contributed by atoms with E-state index < -0.39 is 0 Å². The maximum atomic E-state index is 5.95. The third-order valence-electron chi connectivity index (χ3n) is 5.89. The Balaban J connectivity index is 1.42. The van der Waals surface area contributed by atoms with E-state index in [0.717, 1.165) is 34.9 Å². The van der Waals surface area contributed by atoms with E-state index in [4.69, 9.17) is 9.84 Å². The summed E-state index contributed by atoms with van der Waals surface area (Å²) in [6, 6.07) is 37.4. The normalized spacial score (nSPS) is 15.3. The number of anilines is 2. The van der Waals surface area contributed by atoms with Crippen LogP contribution in [0.1, 0.15) is 23.6 Å². The lowest BCUT2D eigenvalue weighted by molar-refractivity contribution is 0.482. The second-order valence-electron chi connectivity index (χ2n) is 8.37. The number of nitrogens with zero attached hydrogens (tertiary/aromatic N) is 3. The predicted octanol–water partition coefficient (Wildman–Crippen LogP) is 6.90. The van der Waals surface area contributed by atoms with Gasteiger partial charge in [-0.3, -0.25) is 5.01 Å². The Morgan fingerprint density at radius 1 is 0.727 bits per heavy atom. The maximum absolute atomic E-state index is 5.95. The molecule has 0 N–H and O–H groups in total. The van der Waals surface area contributed by atoms with Gasteiger partial charge in [-0.15, -0.1) is 0 Å². The lowest BCUT2D eigenvalue weighted by atomic mass is 9.98. The third-order valence-corrected chi connectivity index (χ3v) is 5.89. The van der Waals surface area contributed by atoms with E-state index in [9.17, 15) is 0 Å². The first-order valence-corrected chi connectivity index (χ1v) is 11.2. The van der Waals surface area contributed by atoms with Crippen molar-refractivity contribution >= 4 is 17.1 Å². The van der Waals surface area contributed by atoms with Crippen LogP contribution in [0.4, 0.5) is 11.4 Å². The topological polar surface area (TPSA) is 28.1 Å². The zero-order chi connectivity index (χ0) is 22.6. The van der Waals surface area contributed by atoms with Crippen molar-refractivity contribution in [2.75, 3.05) is 24.0 Å². The van der Waals surface area contributed by atoms with Crippen molar-refractivity contribution in [1.82, 2.24) is 0 Å². The molecule has 0 saturated carbocycles. The fourth-order valence-electron chi connectivity index (χ4n) is 4.10. The van der Waals surface area contributed by atoms with Crippen molar-refractivity contribution in [3.05, 3.63) is 120 Å². The smallest absolute Gasteiger partial charge is 0.127 e. The summed E-state index contributed by atoms with van der Waals surface area (Å²) in [6.07, 6.45) is 0.842. The summed E-state index contributed by atoms with van der Waals surface area (Å²) >= 11 is 0. The summed E-state index contributed by atoms with van der Waals surface area (Å²) in [4.78, 5) is 2.12. The molecule has 0 saturated heterocycles. The van der Waals surface area contributed by atoms with Gasteiger partial charge in [-0.05, 0) is 71.8 Å². The van der Waals surface area contributed by atoms with Crippen LogP contribution in [0.5, 0.6) is 11.5 Å². The number of hydrazone groups is 1. The molecular weight excluding hydrogens is 406 g/mol. The summed E-state index contributed by atoms with van der Waals surface area (Å²) in [5.74, 6) is 1.65. The van der Waals surface area contributed by atoms with Gasteiger partial charge in [0.2, 0.25) is 0 Å². The summed E-state index contributed by atoms with van der Waals surface area (Å²) < 4.78 is 5.95. The zero-order valence-corrected chi connectivity index (χ0v) is 18.9. The summed E-state index contributed by atoms with van der Waals surface area (Å²) in [5, 5.41) is 7.20. The number of ether oxygens (including phenoxy) is 1. The van der Waals surface area contributed by atoms with Crippen LogP contribution >= 0.6 is 0 Å². The standard InChI is InChI=1S/C29H27N3O/c1-31(2)24-17-13-23(14-18-24)29-21-28(30-32(29)25-9-5-3-6-10-25)22-15-19-27(20-16-22)33-26-11-7-4-8-12-26/h3-20,29H,21H2,1-2H3/t29-/m0/s1. The highest BCUT2D eigenvalue weighted by Crippen LogP contribution is 2.37. The number of benzene rings is 4. The molecule has 0 unspecified atom stereocenters.